The molecule has 0 saturated carbocycles. The summed E-state index contributed by atoms with van der Waals surface area (Å²) in [5.74, 6) is 0.720. The fourth-order valence-corrected chi connectivity index (χ4v) is 5.84. The van der Waals surface area contributed by atoms with Crippen LogP contribution in [0.4, 0.5) is 5.69 Å². The Balaban J connectivity index is 1.78. The Morgan fingerprint density at radius 2 is 1.91 bits per heavy atom. The second-order valence-electron chi connectivity index (χ2n) is 8.49. The van der Waals surface area contributed by atoms with Crippen LogP contribution in [0.5, 0.6) is 5.75 Å². The molecule has 0 aliphatic carbocycles. The van der Waals surface area contributed by atoms with Crippen LogP contribution >= 0.6 is 23.5 Å². The number of hydrogen-bond acceptors (Lipinski definition) is 7. The molecular weight excluding hydrogens is 476 g/mol. The fraction of sp³-hybridized carbons (Fsp3) is 0.407. The molecule has 0 saturated heterocycles. The van der Waals surface area contributed by atoms with E-state index in [1.165, 1.54) is 5.57 Å². The zero-order valence-electron chi connectivity index (χ0n) is 21.5. The summed E-state index contributed by atoms with van der Waals surface area (Å²) in [5.41, 5.74) is 11.4. The Kier molecular flexibility index (Phi) is 9.71. The number of carbonyl (C=O) groups excluding carboxylic acids is 1. The van der Waals surface area contributed by atoms with Crippen LogP contribution in [-0.4, -0.2) is 30.0 Å². The van der Waals surface area contributed by atoms with E-state index in [1.54, 1.807) is 29.7 Å². The average molecular weight is 513 g/mol. The Morgan fingerprint density at radius 1 is 1.17 bits per heavy atom. The van der Waals surface area contributed by atoms with E-state index in [1.807, 2.05) is 43.1 Å². The lowest BCUT2D eigenvalue weighted by Crippen LogP contribution is -2.32. The predicted octanol–water partition coefficient (Wildman–Crippen LogP) is 6.14. The van der Waals surface area contributed by atoms with Crippen LogP contribution in [0.15, 0.2) is 57.6 Å². The van der Waals surface area contributed by atoms with Gasteiger partial charge in [0.25, 0.3) is 0 Å². The minimum Gasteiger partial charge on any atom is -0.492 e. The summed E-state index contributed by atoms with van der Waals surface area (Å²) in [7, 11) is 1.99. The lowest BCUT2D eigenvalue weighted by atomic mass is 10.1. The first-order valence-electron chi connectivity index (χ1n) is 12.0. The van der Waals surface area contributed by atoms with Crippen LogP contribution in [0.2, 0.25) is 0 Å². The number of hydrogen-bond donors (Lipinski definition) is 2. The highest BCUT2D eigenvalue weighted by Gasteiger charge is 2.24. The van der Waals surface area contributed by atoms with Crippen LogP contribution in [0.3, 0.4) is 0 Å². The number of nitrogens with one attached hydrogen (secondary N) is 1. The molecule has 2 aromatic rings. The first kappa shape index (κ1) is 27.2. The van der Waals surface area contributed by atoms with Crippen LogP contribution < -0.4 is 20.7 Å². The smallest absolute Gasteiger partial charge is 0.229 e. The summed E-state index contributed by atoms with van der Waals surface area (Å²) >= 11 is 3.20. The molecule has 2 heterocycles. The van der Waals surface area contributed by atoms with Crippen molar-refractivity contribution in [3.63, 3.8) is 0 Å². The number of nitrogens with zero attached hydrogens (tertiary/aromatic N) is 2. The van der Waals surface area contributed by atoms with Crippen molar-refractivity contribution in [3.8, 4) is 5.75 Å². The van der Waals surface area contributed by atoms with Crippen molar-refractivity contribution in [1.29, 1.82) is 0 Å². The SMILES string of the molecule is CCOc1ccc(C(SC(NC(=O)Cc2ccc3c(c2)SC(N)N3C)=C(C)CC)=C(C)CC)nc1. The molecule has 188 valence electrons. The number of allylic oxidation sites excluding steroid dienone is 2. The molecule has 8 heteroatoms. The number of amides is 1. The van der Waals surface area contributed by atoms with Gasteiger partial charge in [-0.15, -0.1) is 0 Å². The van der Waals surface area contributed by atoms with Gasteiger partial charge in [-0.25, -0.2) is 0 Å². The number of thioether (sulfide) groups is 2. The molecule has 0 radical (unpaired) electrons. The van der Waals surface area contributed by atoms with E-state index in [2.05, 4.69) is 44.1 Å². The maximum Gasteiger partial charge on any atom is 0.229 e. The molecule has 0 fully saturated rings. The lowest BCUT2D eigenvalue weighted by Gasteiger charge is -2.17. The highest BCUT2D eigenvalue weighted by Crippen LogP contribution is 2.41. The standard InChI is InChI=1S/C27H36N4O2S2/c1-7-17(4)25(21-12-11-20(16-29-21)33-9-3)35-26(18(5)8-2)30-24(32)15-19-10-13-22-23(14-19)34-27(28)31(22)6/h10-14,16,27H,7-9,15,28H2,1-6H3,(H,30,32). The van der Waals surface area contributed by atoms with Gasteiger partial charge in [0.05, 0.1) is 35.6 Å². The van der Waals surface area contributed by atoms with E-state index >= 15 is 0 Å². The third kappa shape index (κ3) is 6.84. The highest BCUT2D eigenvalue weighted by atomic mass is 32.2. The maximum atomic E-state index is 13.1. The van der Waals surface area contributed by atoms with E-state index in [9.17, 15) is 4.79 Å². The molecule has 3 rings (SSSR count). The third-order valence-electron chi connectivity index (χ3n) is 5.97. The fourth-order valence-electron chi connectivity index (χ4n) is 3.52. The molecule has 35 heavy (non-hydrogen) atoms. The van der Waals surface area contributed by atoms with Crippen LogP contribution in [0.25, 0.3) is 4.91 Å². The number of carbonyl (C=O) groups is 1. The Hall–Kier alpha value is -2.42. The second kappa shape index (κ2) is 12.5. The quantitative estimate of drug-likeness (QED) is 0.396. The van der Waals surface area contributed by atoms with Crippen molar-refractivity contribution in [1.82, 2.24) is 10.3 Å². The molecule has 0 bridgehead atoms. The first-order chi connectivity index (χ1) is 16.8. The van der Waals surface area contributed by atoms with Crippen molar-refractivity contribution in [2.24, 2.45) is 5.73 Å². The highest BCUT2D eigenvalue weighted by molar-refractivity contribution is 8.11. The zero-order valence-corrected chi connectivity index (χ0v) is 23.1. The van der Waals surface area contributed by atoms with Crippen molar-refractivity contribution < 1.29 is 9.53 Å². The number of pyridine rings is 1. The predicted molar refractivity (Wildman–Crippen MR) is 149 cm³/mol. The number of aromatic nitrogens is 1. The summed E-state index contributed by atoms with van der Waals surface area (Å²) in [6.07, 6.45) is 3.80. The topological polar surface area (TPSA) is 80.5 Å². The molecule has 6 nitrogen and oxygen atoms in total. The normalized spacial score (nSPS) is 16.4. The summed E-state index contributed by atoms with van der Waals surface area (Å²) in [5, 5.41) is 4.06. The lowest BCUT2D eigenvalue weighted by molar-refractivity contribution is -0.119. The number of rotatable bonds is 10. The largest absolute Gasteiger partial charge is 0.492 e. The van der Waals surface area contributed by atoms with Gasteiger partial charge in [0.15, 0.2) is 0 Å². The van der Waals surface area contributed by atoms with Gasteiger partial charge >= 0.3 is 0 Å². The van der Waals surface area contributed by atoms with Crippen molar-refractivity contribution in [3.05, 3.63) is 64.0 Å². The van der Waals surface area contributed by atoms with Crippen molar-refractivity contribution in [2.75, 3.05) is 18.6 Å². The van der Waals surface area contributed by atoms with Crippen molar-refractivity contribution >= 4 is 40.0 Å². The number of anilines is 1. The minimum absolute atomic E-state index is 0.0333. The molecule has 1 aliphatic rings. The first-order valence-corrected chi connectivity index (χ1v) is 13.7. The van der Waals surface area contributed by atoms with Gasteiger partial charge in [-0.3, -0.25) is 9.78 Å². The molecule has 3 N–H and O–H groups in total. The van der Waals surface area contributed by atoms with Crippen LogP contribution in [0, 0.1) is 0 Å². The summed E-state index contributed by atoms with van der Waals surface area (Å²) < 4.78 is 5.55. The average Bonchev–Trinajstić information content (AvgIpc) is 3.14. The molecular formula is C27H36N4O2S2. The molecule has 1 aliphatic heterocycles. The van der Waals surface area contributed by atoms with E-state index in [4.69, 9.17) is 10.5 Å². The summed E-state index contributed by atoms with van der Waals surface area (Å²) in [4.78, 5) is 22.0. The molecule has 1 amide bonds. The number of benzene rings is 1. The van der Waals surface area contributed by atoms with Gasteiger partial charge in [-0.2, -0.15) is 0 Å². The monoisotopic (exact) mass is 512 g/mol. The molecule has 1 aromatic heterocycles. The van der Waals surface area contributed by atoms with E-state index < -0.39 is 0 Å². The van der Waals surface area contributed by atoms with Crippen molar-refractivity contribution in [2.45, 2.75) is 64.3 Å². The molecule has 0 spiro atoms. The van der Waals surface area contributed by atoms with Gasteiger partial charge < -0.3 is 20.7 Å². The maximum absolute atomic E-state index is 13.1. The van der Waals surface area contributed by atoms with Gasteiger partial charge in [0.1, 0.15) is 11.2 Å². The zero-order chi connectivity index (χ0) is 25.5. The van der Waals surface area contributed by atoms with Crippen LogP contribution in [0.1, 0.15) is 58.7 Å². The number of nitrogens with two attached hydrogens (primary N) is 1. The molecule has 1 atom stereocenters. The van der Waals surface area contributed by atoms with E-state index in [-0.39, 0.29) is 11.4 Å². The Morgan fingerprint density at radius 3 is 2.54 bits per heavy atom. The number of ether oxygens (including phenoxy) is 1. The van der Waals surface area contributed by atoms with Crippen LogP contribution in [-0.2, 0) is 11.2 Å². The van der Waals surface area contributed by atoms with E-state index in [0.717, 1.165) is 55.9 Å². The Bertz CT molecular complexity index is 1110. The molecule has 1 aromatic carbocycles. The van der Waals surface area contributed by atoms with Gasteiger partial charge in [0.2, 0.25) is 5.91 Å². The Labute approximate surface area is 217 Å². The van der Waals surface area contributed by atoms with Gasteiger partial charge in [-0.05, 0) is 69.0 Å². The summed E-state index contributed by atoms with van der Waals surface area (Å²) in [6, 6.07) is 10.1. The van der Waals surface area contributed by atoms with E-state index in [0.29, 0.717) is 13.0 Å². The summed E-state index contributed by atoms with van der Waals surface area (Å²) in [6.45, 7) is 11.0. The van der Waals surface area contributed by atoms with Gasteiger partial charge in [-0.1, -0.05) is 49.0 Å². The third-order valence-corrected chi connectivity index (χ3v) is 8.53. The second-order valence-corrected chi connectivity index (χ2v) is 10.7. The number of fused-ring (bicyclic) bond motifs is 1. The minimum atomic E-state index is -0.0876. The van der Waals surface area contributed by atoms with Gasteiger partial charge in [0, 0.05) is 16.8 Å². The molecule has 1 unspecified atom stereocenters.